The minimum Gasteiger partial charge on any atom is -0.393 e. The third-order valence-electron chi connectivity index (χ3n) is 2.93. The van der Waals surface area contributed by atoms with Crippen LogP contribution in [0.3, 0.4) is 0 Å². The van der Waals surface area contributed by atoms with Crippen LogP contribution in [0.4, 0.5) is 0 Å². The molecule has 15 heavy (non-hydrogen) atoms. The van der Waals surface area contributed by atoms with E-state index in [0.29, 0.717) is 19.6 Å². The van der Waals surface area contributed by atoms with E-state index in [0.717, 1.165) is 25.7 Å². The lowest BCUT2D eigenvalue weighted by Gasteiger charge is -2.14. The molecule has 1 aliphatic rings. The Morgan fingerprint density at radius 1 is 1.53 bits per heavy atom. The van der Waals surface area contributed by atoms with E-state index in [9.17, 15) is 9.90 Å². The number of carbonyl (C=O) groups is 1. The highest BCUT2D eigenvalue weighted by atomic mass is 16.5. The van der Waals surface area contributed by atoms with Gasteiger partial charge in [0.15, 0.2) is 0 Å². The summed E-state index contributed by atoms with van der Waals surface area (Å²) in [6.07, 6.45) is 4.03. The molecule has 1 aliphatic carbocycles. The maximum Gasteiger partial charge on any atom is 0.220 e. The van der Waals surface area contributed by atoms with Gasteiger partial charge in [0.25, 0.3) is 0 Å². The predicted molar refractivity (Wildman–Crippen MR) is 57.5 cm³/mol. The van der Waals surface area contributed by atoms with Crippen molar-refractivity contribution in [1.82, 2.24) is 5.32 Å². The van der Waals surface area contributed by atoms with Gasteiger partial charge in [0.2, 0.25) is 5.91 Å². The van der Waals surface area contributed by atoms with Crippen molar-refractivity contribution in [3.63, 3.8) is 0 Å². The molecule has 0 aromatic heterocycles. The molecular formula is C11H21NO3. The van der Waals surface area contributed by atoms with Gasteiger partial charge in [-0.1, -0.05) is 6.42 Å². The summed E-state index contributed by atoms with van der Waals surface area (Å²) in [4.78, 5) is 11.3. The number of hydrogen-bond acceptors (Lipinski definition) is 3. The Hall–Kier alpha value is -0.610. The first-order chi connectivity index (χ1) is 7.24. The Morgan fingerprint density at radius 2 is 2.33 bits per heavy atom. The average molecular weight is 215 g/mol. The van der Waals surface area contributed by atoms with E-state index in [1.54, 1.807) is 7.11 Å². The zero-order valence-electron chi connectivity index (χ0n) is 9.37. The first kappa shape index (κ1) is 12.5. The predicted octanol–water partition coefficient (Wildman–Crippen LogP) is 0.690. The number of aliphatic hydroxyl groups is 1. The zero-order valence-corrected chi connectivity index (χ0v) is 9.37. The van der Waals surface area contributed by atoms with Crippen LogP contribution < -0.4 is 5.32 Å². The fourth-order valence-corrected chi connectivity index (χ4v) is 1.97. The number of nitrogens with one attached hydrogen (secondary N) is 1. The van der Waals surface area contributed by atoms with Gasteiger partial charge in [-0.3, -0.25) is 4.79 Å². The molecule has 1 fully saturated rings. The van der Waals surface area contributed by atoms with E-state index in [1.165, 1.54) is 0 Å². The number of methoxy groups -OCH3 is 1. The molecule has 0 bridgehead atoms. The molecule has 0 radical (unpaired) electrons. The Bertz CT molecular complexity index is 196. The number of amides is 1. The summed E-state index contributed by atoms with van der Waals surface area (Å²) in [5, 5.41) is 12.4. The van der Waals surface area contributed by atoms with Gasteiger partial charge in [-0.15, -0.1) is 0 Å². The summed E-state index contributed by atoms with van der Waals surface area (Å²) in [5.74, 6) is 0.322. The lowest BCUT2D eigenvalue weighted by molar-refractivity contribution is -0.121. The second kappa shape index (κ2) is 6.80. The van der Waals surface area contributed by atoms with Gasteiger partial charge in [-0.05, 0) is 19.3 Å². The maximum absolute atomic E-state index is 11.3. The number of hydrogen-bond donors (Lipinski definition) is 2. The quantitative estimate of drug-likeness (QED) is 0.641. The van der Waals surface area contributed by atoms with Gasteiger partial charge in [-0.25, -0.2) is 0 Å². The highest BCUT2D eigenvalue weighted by Crippen LogP contribution is 2.24. The van der Waals surface area contributed by atoms with Gasteiger partial charge >= 0.3 is 0 Å². The molecule has 0 aromatic carbocycles. The van der Waals surface area contributed by atoms with Crippen LogP contribution in [0.25, 0.3) is 0 Å². The summed E-state index contributed by atoms with van der Waals surface area (Å²) >= 11 is 0. The molecule has 0 aromatic rings. The van der Waals surface area contributed by atoms with Gasteiger partial charge in [-0.2, -0.15) is 0 Å². The molecule has 1 rings (SSSR count). The first-order valence-electron chi connectivity index (χ1n) is 5.67. The lowest BCUT2D eigenvalue weighted by atomic mass is 10.1. The lowest BCUT2D eigenvalue weighted by Crippen LogP contribution is -2.32. The molecular weight excluding hydrogens is 194 g/mol. The van der Waals surface area contributed by atoms with Gasteiger partial charge in [0.05, 0.1) is 6.10 Å². The molecule has 0 spiro atoms. The highest BCUT2D eigenvalue weighted by molar-refractivity contribution is 5.75. The Labute approximate surface area is 91.0 Å². The molecule has 1 amide bonds. The fraction of sp³-hybridized carbons (Fsp3) is 0.909. The normalized spacial score (nSPS) is 25.5. The molecule has 0 heterocycles. The van der Waals surface area contributed by atoms with Crippen molar-refractivity contribution in [3.05, 3.63) is 0 Å². The zero-order chi connectivity index (χ0) is 11.1. The van der Waals surface area contributed by atoms with Crippen molar-refractivity contribution in [2.75, 3.05) is 20.3 Å². The van der Waals surface area contributed by atoms with E-state index in [2.05, 4.69) is 5.32 Å². The van der Waals surface area contributed by atoms with E-state index in [-0.39, 0.29) is 17.9 Å². The van der Waals surface area contributed by atoms with Crippen LogP contribution in [0.15, 0.2) is 0 Å². The summed E-state index contributed by atoms with van der Waals surface area (Å²) < 4.78 is 4.87. The molecule has 0 aliphatic heterocycles. The van der Waals surface area contributed by atoms with Crippen molar-refractivity contribution in [2.24, 2.45) is 5.92 Å². The van der Waals surface area contributed by atoms with E-state index < -0.39 is 0 Å². The largest absolute Gasteiger partial charge is 0.393 e. The Morgan fingerprint density at radius 3 is 2.93 bits per heavy atom. The molecule has 88 valence electrons. The summed E-state index contributed by atoms with van der Waals surface area (Å²) in [6.45, 7) is 1.24. The standard InChI is InChI=1S/C11H21NO3/c1-15-7-3-6-11(14)12-8-9-4-2-5-10(9)13/h9-10,13H,2-8H2,1H3,(H,12,14). The molecule has 1 saturated carbocycles. The highest BCUT2D eigenvalue weighted by Gasteiger charge is 2.25. The van der Waals surface area contributed by atoms with Crippen LogP contribution in [0.1, 0.15) is 32.1 Å². The molecule has 4 nitrogen and oxygen atoms in total. The van der Waals surface area contributed by atoms with E-state index >= 15 is 0 Å². The van der Waals surface area contributed by atoms with Crippen LogP contribution in [-0.4, -0.2) is 37.4 Å². The van der Waals surface area contributed by atoms with Gasteiger partial charge < -0.3 is 15.2 Å². The molecule has 2 unspecified atom stereocenters. The molecule has 2 N–H and O–H groups in total. The average Bonchev–Trinajstić information content (AvgIpc) is 2.61. The van der Waals surface area contributed by atoms with Crippen molar-refractivity contribution in [2.45, 2.75) is 38.2 Å². The van der Waals surface area contributed by atoms with Crippen LogP contribution in [0.2, 0.25) is 0 Å². The van der Waals surface area contributed by atoms with Crippen molar-refractivity contribution in [3.8, 4) is 0 Å². The number of carbonyl (C=O) groups excluding carboxylic acids is 1. The van der Waals surface area contributed by atoms with Gasteiger partial charge in [0.1, 0.15) is 0 Å². The van der Waals surface area contributed by atoms with Crippen molar-refractivity contribution >= 4 is 5.91 Å². The third-order valence-corrected chi connectivity index (χ3v) is 2.93. The van der Waals surface area contributed by atoms with Gasteiger partial charge in [0, 0.05) is 32.6 Å². The topological polar surface area (TPSA) is 58.6 Å². The summed E-state index contributed by atoms with van der Waals surface area (Å²) in [7, 11) is 1.63. The fourth-order valence-electron chi connectivity index (χ4n) is 1.97. The SMILES string of the molecule is COCCCC(=O)NCC1CCCC1O. The maximum atomic E-state index is 11.3. The Kier molecular flexibility index (Phi) is 5.65. The van der Waals surface area contributed by atoms with Crippen LogP contribution in [-0.2, 0) is 9.53 Å². The van der Waals surface area contributed by atoms with E-state index in [4.69, 9.17) is 4.74 Å². The Balaban J connectivity index is 2.05. The third kappa shape index (κ3) is 4.62. The van der Waals surface area contributed by atoms with Crippen LogP contribution in [0, 0.1) is 5.92 Å². The van der Waals surface area contributed by atoms with Crippen molar-refractivity contribution in [1.29, 1.82) is 0 Å². The van der Waals surface area contributed by atoms with Crippen LogP contribution in [0.5, 0.6) is 0 Å². The summed E-state index contributed by atoms with van der Waals surface area (Å²) in [5.41, 5.74) is 0. The summed E-state index contributed by atoms with van der Waals surface area (Å²) in [6, 6.07) is 0. The number of rotatable bonds is 6. The minimum absolute atomic E-state index is 0.0613. The molecule has 4 heteroatoms. The smallest absolute Gasteiger partial charge is 0.220 e. The first-order valence-corrected chi connectivity index (χ1v) is 5.67. The second-order valence-electron chi connectivity index (χ2n) is 4.16. The van der Waals surface area contributed by atoms with E-state index in [1.807, 2.05) is 0 Å². The van der Waals surface area contributed by atoms with Crippen LogP contribution >= 0.6 is 0 Å². The minimum atomic E-state index is -0.218. The second-order valence-corrected chi connectivity index (χ2v) is 4.16. The number of ether oxygens (including phenoxy) is 1. The molecule has 0 saturated heterocycles. The monoisotopic (exact) mass is 215 g/mol. The molecule has 2 atom stereocenters. The van der Waals surface area contributed by atoms with Crippen molar-refractivity contribution < 1.29 is 14.6 Å². The number of aliphatic hydroxyl groups excluding tert-OH is 1.